The van der Waals surface area contributed by atoms with Crippen LogP contribution in [0.5, 0.6) is 5.75 Å². The molecule has 0 saturated carbocycles. The van der Waals surface area contributed by atoms with Crippen LogP contribution in [0.3, 0.4) is 0 Å². The molecule has 0 saturated heterocycles. The van der Waals surface area contributed by atoms with Crippen LogP contribution in [0.2, 0.25) is 0 Å². The third kappa shape index (κ3) is 3.34. The summed E-state index contributed by atoms with van der Waals surface area (Å²) in [5, 5.41) is 0. The van der Waals surface area contributed by atoms with Gasteiger partial charge < -0.3 is 9.64 Å². The van der Waals surface area contributed by atoms with Crippen molar-refractivity contribution in [1.29, 1.82) is 0 Å². The zero-order valence-corrected chi connectivity index (χ0v) is 12.2. The normalized spacial score (nSPS) is 14.0. The minimum absolute atomic E-state index is 0.905. The van der Waals surface area contributed by atoms with Crippen molar-refractivity contribution < 1.29 is 4.74 Å². The lowest BCUT2D eigenvalue weighted by atomic mass is 10.0. The van der Waals surface area contributed by atoms with Crippen LogP contribution in [-0.4, -0.2) is 13.7 Å². The summed E-state index contributed by atoms with van der Waals surface area (Å²) < 4.78 is 5.20. The van der Waals surface area contributed by atoms with Gasteiger partial charge in [-0.2, -0.15) is 0 Å². The first-order chi connectivity index (χ1) is 10.3. The van der Waals surface area contributed by atoms with Crippen LogP contribution in [0.15, 0.2) is 78.5 Å². The highest BCUT2D eigenvalue weighted by Crippen LogP contribution is 2.21. The van der Waals surface area contributed by atoms with Gasteiger partial charge in [0, 0.05) is 18.4 Å². The molecule has 0 radical (unpaired) electrons. The maximum atomic E-state index is 5.20. The molecule has 1 aliphatic rings. The van der Waals surface area contributed by atoms with E-state index in [4.69, 9.17) is 4.74 Å². The van der Waals surface area contributed by atoms with Crippen LogP contribution in [0, 0.1) is 0 Å². The van der Waals surface area contributed by atoms with E-state index in [1.807, 2.05) is 18.2 Å². The van der Waals surface area contributed by atoms with Crippen molar-refractivity contribution in [1.82, 2.24) is 0 Å². The van der Waals surface area contributed by atoms with Crippen molar-refractivity contribution in [2.24, 2.45) is 0 Å². The average molecular weight is 277 g/mol. The molecule has 106 valence electrons. The van der Waals surface area contributed by atoms with Crippen molar-refractivity contribution >= 4 is 5.69 Å². The van der Waals surface area contributed by atoms with E-state index < -0.39 is 0 Å². The molecule has 1 aliphatic heterocycles. The van der Waals surface area contributed by atoms with E-state index in [0.717, 1.165) is 18.7 Å². The van der Waals surface area contributed by atoms with Gasteiger partial charge in [0.1, 0.15) is 5.75 Å². The van der Waals surface area contributed by atoms with Gasteiger partial charge in [0.2, 0.25) is 0 Å². The molecule has 0 aliphatic carbocycles. The molecule has 0 aromatic heterocycles. The van der Waals surface area contributed by atoms with Crippen LogP contribution in [0.1, 0.15) is 5.56 Å². The van der Waals surface area contributed by atoms with Gasteiger partial charge in [-0.25, -0.2) is 0 Å². The Hall–Kier alpha value is -2.48. The number of para-hydroxylation sites is 1. The van der Waals surface area contributed by atoms with E-state index >= 15 is 0 Å². The van der Waals surface area contributed by atoms with Crippen LogP contribution in [0.4, 0.5) is 5.69 Å². The average Bonchev–Trinajstić information content (AvgIpc) is 2.57. The Balaban J connectivity index is 1.69. The quantitative estimate of drug-likeness (QED) is 0.830. The molecule has 2 heteroatoms. The minimum Gasteiger partial charge on any atom is -0.497 e. The first-order valence-corrected chi connectivity index (χ1v) is 7.16. The van der Waals surface area contributed by atoms with Crippen molar-refractivity contribution in [3.63, 3.8) is 0 Å². The highest BCUT2D eigenvalue weighted by atomic mass is 16.5. The Labute approximate surface area is 126 Å². The summed E-state index contributed by atoms with van der Waals surface area (Å²) in [5.74, 6) is 0.905. The van der Waals surface area contributed by atoms with E-state index in [1.54, 1.807) is 7.11 Å². The van der Waals surface area contributed by atoms with Crippen molar-refractivity contribution in [2.75, 3.05) is 18.6 Å². The third-order valence-electron chi connectivity index (χ3n) is 3.65. The first-order valence-electron chi connectivity index (χ1n) is 7.16. The summed E-state index contributed by atoms with van der Waals surface area (Å²) in [6.07, 6.45) is 7.43. The molecule has 0 spiro atoms. The summed E-state index contributed by atoms with van der Waals surface area (Å²) in [6.45, 7) is 0.937. The molecule has 0 unspecified atom stereocenters. The number of benzene rings is 2. The molecule has 1 heterocycles. The molecule has 0 bridgehead atoms. The first kappa shape index (κ1) is 13.5. The maximum Gasteiger partial charge on any atom is 0.118 e. The lowest BCUT2D eigenvalue weighted by Gasteiger charge is -2.25. The number of allylic oxidation sites excluding steroid dienone is 2. The van der Waals surface area contributed by atoms with Crippen LogP contribution in [0.25, 0.3) is 0 Å². The molecule has 0 fully saturated rings. The predicted molar refractivity (Wildman–Crippen MR) is 87.7 cm³/mol. The number of ether oxygens (including phenoxy) is 1. The van der Waals surface area contributed by atoms with Gasteiger partial charge in [0.15, 0.2) is 0 Å². The summed E-state index contributed by atoms with van der Waals surface area (Å²) in [6, 6.07) is 18.8. The fourth-order valence-electron chi connectivity index (χ4n) is 2.52. The summed E-state index contributed by atoms with van der Waals surface area (Å²) in [5.41, 5.74) is 3.95. The van der Waals surface area contributed by atoms with Gasteiger partial charge in [0.25, 0.3) is 0 Å². The second-order valence-corrected chi connectivity index (χ2v) is 5.15. The highest BCUT2D eigenvalue weighted by Gasteiger charge is 2.09. The third-order valence-corrected chi connectivity index (χ3v) is 3.65. The topological polar surface area (TPSA) is 12.5 Å². The van der Waals surface area contributed by atoms with Gasteiger partial charge in [-0.3, -0.25) is 0 Å². The molecular formula is C19H19NO. The molecule has 2 nitrogen and oxygen atoms in total. The fourth-order valence-corrected chi connectivity index (χ4v) is 2.52. The van der Waals surface area contributed by atoms with Gasteiger partial charge in [-0.15, -0.1) is 0 Å². The van der Waals surface area contributed by atoms with E-state index in [9.17, 15) is 0 Å². The molecule has 0 atom stereocenters. The number of hydrogen-bond donors (Lipinski definition) is 0. The van der Waals surface area contributed by atoms with E-state index in [1.165, 1.54) is 16.8 Å². The number of anilines is 1. The molecule has 0 amide bonds. The molecule has 0 N–H and O–H groups in total. The summed E-state index contributed by atoms with van der Waals surface area (Å²) in [4.78, 5) is 2.28. The Morgan fingerprint density at radius 3 is 2.48 bits per heavy atom. The second kappa shape index (κ2) is 6.31. The standard InChI is InChI=1S/C19H19NO/c1-21-19-11-9-16(10-12-19)14-17-6-5-13-20(15-17)18-7-3-2-4-8-18/h2-13H,14-15H2,1H3. The van der Waals surface area contributed by atoms with Crippen molar-refractivity contribution in [3.8, 4) is 5.75 Å². The van der Waals surface area contributed by atoms with Gasteiger partial charge in [-0.05, 0) is 47.9 Å². The van der Waals surface area contributed by atoms with Crippen molar-refractivity contribution in [2.45, 2.75) is 6.42 Å². The molecule has 21 heavy (non-hydrogen) atoms. The smallest absolute Gasteiger partial charge is 0.118 e. The molecule has 2 aromatic rings. The Morgan fingerprint density at radius 2 is 1.76 bits per heavy atom. The maximum absolute atomic E-state index is 5.20. The monoisotopic (exact) mass is 277 g/mol. The van der Waals surface area contributed by atoms with Gasteiger partial charge >= 0.3 is 0 Å². The number of methoxy groups -OCH3 is 1. The zero-order valence-electron chi connectivity index (χ0n) is 12.2. The number of hydrogen-bond acceptors (Lipinski definition) is 2. The largest absolute Gasteiger partial charge is 0.497 e. The predicted octanol–water partition coefficient (Wildman–Crippen LogP) is 4.20. The Morgan fingerprint density at radius 1 is 1.00 bits per heavy atom. The van der Waals surface area contributed by atoms with E-state index in [-0.39, 0.29) is 0 Å². The second-order valence-electron chi connectivity index (χ2n) is 5.15. The fraction of sp³-hybridized carbons (Fsp3) is 0.158. The lowest BCUT2D eigenvalue weighted by Crippen LogP contribution is -2.22. The van der Waals surface area contributed by atoms with E-state index in [2.05, 4.69) is 59.7 Å². The molecule has 2 aromatic carbocycles. The van der Waals surface area contributed by atoms with Crippen LogP contribution in [-0.2, 0) is 6.42 Å². The molecular weight excluding hydrogens is 258 g/mol. The number of rotatable bonds is 4. The number of nitrogens with zero attached hydrogens (tertiary/aromatic N) is 1. The Kier molecular flexibility index (Phi) is 4.06. The highest BCUT2D eigenvalue weighted by molar-refractivity contribution is 5.52. The van der Waals surface area contributed by atoms with Crippen LogP contribution >= 0.6 is 0 Å². The van der Waals surface area contributed by atoms with Crippen LogP contribution < -0.4 is 9.64 Å². The van der Waals surface area contributed by atoms with Crippen molar-refractivity contribution in [3.05, 3.63) is 84.1 Å². The Bertz CT molecular complexity index is 641. The van der Waals surface area contributed by atoms with Gasteiger partial charge in [-0.1, -0.05) is 36.4 Å². The lowest BCUT2D eigenvalue weighted by molar-refractivity contribution is 0.414. The SMILES string of the molecule is COc1ccc(CC2=CC=CN(c3ccccc3)C2)cc1. The zero-order chi connectivity index (χ0) is 14.5. The molecule has 3 rings (SSSR count). The summed E-state index contributed by atoms with van der Waals surface area (Å²) >= 11 is 0. The minimum atomic E-state index is 0.905. The van der Waals surface area contributed by atoms with Gasteiger partial charge in [0.05, 0.1) is 7.11 Å². The summed E-state index contributed by atoms with van der Waals surface area (Å²) in [7, 11) is 1.70. The van der Waals surface area contributed by atoms with E-state index in [0.29, 0.717) is 0 Å².